The quantitative estimate of drug-likeness (QED) is 0.759. The van der Waals surface area contributed by atoms with Crippen molar-refractivity contribution in [3.63, 3.8) is 0 Å². The predicted octanol–water partition coefficient (Wildman–Crippen LogP) is 3.13. The summed E-state index contributed by atoms with van der Waals surface area (Å²) in [5, 5.41) is -0.133. The average molecular weight is 242 g/mol. The summed E-state index contributed by atoms with van der Waals surface area (Å²) in [7, 11) is 1.19. The maximum Gasteiger partial charge on any atom is 0.296 e. The van der Waals surface area contributed by atoms with Crippen LogP contribution in [0.5, 0.6) is 0 Å². The first-order valence-corrected chi connectivity index (χ1v) is 4.41. The number of aromatic nitrogens is 1. The fourth-order valence-electron chi connectivity index (χ4n) is 0.941. The summed E-state index contributed by atoms with van der Waals surface area (Å²) < 4.78 is 30.9. The fourth-order valence-corrected chi connectivity index (χ4v) is 1.40. The Morgan fingerprint density at radius 3 is 2.29 bits per heavy atom. The molecule has 0 aliphatic heterocycles. The minimum absolute atomic E-state index is 0.0664. The molecule has 1 heterocycles. The Labute approximate surface area is 89.8 Å². The van der Waals surface area contributed by atoms with Crippen LogP contribution in [-0.4, -0.2) is 18.7 Å². The Hall–Kier alpha value is -0.450. The highest BCUT2D eigenvalue weighted by atomic mass is 35.5. The smallest absolute Gasteiger partial charge is 0.296 e. The van der Waals surface area contributed by atoms with Crippen LogP contribution in [0.1, 0.15) is 5.56 Å². The lowest BCUT2D eigenvalue weighted by Gasteiger charge is -2.15. The first kappa shape index (κ1) is 11.6. The van der Waals surface area contributed by atoms with Gasteiger partial charge in [0.1, 0.15) is 16.9 Å². The van der Waals surface area contributed by atoms with Crippen molar-refractivity contribution in [2.75, 3.05) is 13.7 Å². The van der Waals surface area contributed by atoms with Gasteiger partial charge in [0.25, 0.3) is 5.92 Å². The molecule has 0 bridgehead atoms. The molecule has 1 aromatic rings. The van der Waals surface area contributed by atoms with Gasteiger partial charge in [-0.3, -0.25) is 0 Å². The number of pyridine rings is 1. The zero-order chi connectivity index (χ0) is 10.8. The van der Waals surface area contributed by atoms with Gasteiger partial charge in [0.2, 0.25) is 0 Å². The SMILES string of the molecule is COCC(F)(F)c1cc(Cl)nc(Cl)c1. The van der Waals surface area contributed by atoms with Crippen molar-refractivity contribution in [1.29, 1.82) is 0 Å². The van der Waals surface area contributed by atoms with E-state index in [1.54, 1.807) is 0 Å². The molecule has 0 amide bonds. The van der Waals surface area contributed by atoms with Gasteiger partial charge in [-0.2, -0.15) is 8.78 Å². The van der Waals surface area contributed by atoms with E-state index in [1.165, 1.54) is 7.11 Å². The summed E-state index contributed by atoms with van der Waals surface area (Å²) in [5.74, 6) is -3.11. The van der Waals surface area contributed by atoms with Crippen molar-refractivity contribution in [3.05, 3.63) is 28.0 Å². The molecule has 0 aliphatic rings. The first-order chi connectivity index (χ1) is 6.45. The highest BCUT2D eigenvalue weighted by Crippen LogP contribution is 2.30. The third-order valence-corrected chi connectivity index (χ3v) is 1.90. The average Bonchev–Trinajstić information content (AvgIpc) is 2.02. The second kappa shape index (κ2) is 4.38. The van der Waals surface area contributed by atoms with Crippen LogP contribution >= 0.6 is 23.2 Å². The van der Waals surface area contributed by atoms with Crippen molar-refractivity contribution in [3.8, 4) is 0 Å². The summed E-state index contributed by atoms with van der Waals surface area (Å²) in [6, 6.07) is 2.12. The molecule has 0 aromatic carbocycles. The van der Waals surface area contributed by atoms with Crippen LogP contribution in [0, 0.1) is 0 Å². The lowest BCUT2D eigenvalue weighted by atomic mass is 10.1. The van der Waals surface area contributed by atoms with Crippen LogP contribution in [0.4, 0.5) is 8.78 Å². The normalized spacial score (nSPS) is 11.8. The number of halogens is 4. The van der Waals surface area contributed by atoms with Crippen molar-refractivity contribution in [1.82, 2.24) is 4.98 Å². The first-order valence-electron chi connectivity index (χ1n) is 3.66. The molecular weight excluding hydrogens is 235 g/mol. The lowest BCUT2D eigenvalue weighted by Crippen LogP contribution is -2.20. The zero-order valence-electron chi connectivity index (χ0n) is 7.23. The van der Waals surface area contributed by atoms with Crippen molar-refractivity contribution in [2.24, 2.45) is 0 Å². The van der Waals surface area contributed by atoms with E-state index in [0.29, 0.717) is 0 Å². The van der Waals surface area contributed by atoms with Crippen LogP contribution in [0.3, 0.4) is 0 Å². The van der Waals surface area contributed by atoms with Crippen molar-refractivity contribution in [2.45, 2.75) is 5.92 Å². The second-order valence-corrected chi connectivity index (χ2v) is 3.41. The van der Waals surface area contributed by atoms with Crippen LogP contribution < -0.4 is 0 Å². The standard InChI is InChI=1S/C8H7Cl2F2NO/c1-14-4-8(11,12)5-2-6(9)13-7(10)3-5/h2-3H,4H2,1H3. The number of ether oxygens (including phenoxy) is 1. The molecule has 1 aromatic heterocycles. The molecule has 2 nitrogen and oxygen atoms in total. The van der Waals surface area contributed by atoms with Crippen LogP contribution in [-0.2, 0) is 10.7 Å². The molecule has 6 heteroatoms. The summed E-state index contributed by atoms with van der Waals surface area (Å²) in [5.41, 5.74) is -0.302. The van der Waals surface area contributed by atoms with Gasteiger partial charge in [0.15, 0.2) is 0 Å². The second-order valence-electron chi connectivity index (χ2n) is 2.64. The van der Waals surface area contributed by atoms with Gasteiger partial charge in [-0.1, -0.05) is 23.2 Å². The molecule has 0 atom stereocenters. The van der Waals surface area contributed by atoms with Gasteiger partial charge in [-0.15, -0.1) is 0 Å². The number of hydrogen-bond donors (Lipinski definition) is 0. The largest absolute Gasteiger partial charge is 0.378 e. The predicted molar refractivity (Wildman–Crippen MR) is 50.0 cm³/mol. The van der Waals surface area contributed by atoms with E-state index in [0.717, 1.165) is 12.1 Å². The van der Waals surface area contributed by atoms with Gasteiger partial charge in [-0.05, 0) is 12.1 Å². The minimum Gasteiger partial charge on any atom is -0.378 e. The maximum atomic E-state index is 13.2. The molecule has 0 N–H and O–H groups in total. The Balaban J connectivity index is 3.05. The molecule has 1 rings (SSSR count). The molecule has 78 valence electrons. The van der Waals surface area contributed by atoms with E-state index >= 15 is 0 Å². The third kappa shape index (κ3) is 2.77. The van der Waals surface area contributed by atoms with E-state index < -0.39 is 12.5 Å². The van der Waals surface area contributed by atoms with Crippen molar-refractivity contribution >= 4 is 23.2 Å². The summed E-state index contributed by atoms with van der Waals surface area (Å²) >= 11 is 11.0. The van der Waals surface area contributed by atoms with E-state index in [9.17, 15) is 8.78 Å². The Kier molecular flexibility index (Phi) is 3.64. The zero-order valence-corrected chi connectivity index (χ0v) is 8.74. The van der Waals surface area contributed by atoms with Gasteiger partial charge in [0, 0.05) is 12.7 Å². The summed E-state index contributed by atoms with van der Waals surface area (Å²) in [6.07, 6.45) is 0. The number of rotatable bonds is 3. The lowest BCUT2D eigenvalue weighted by molar-refractivity contribution is -0.0698. The molecule has 0 aliphatic carbocycles. The van der Waals surface area contributed by atoms with E-state index in [1.807, 2.05) is 0 Å². The highest BCUT2D eigenvalue weighted by Gasteiger charge is 2.32. The number of nitrogens with zero attached hydrogens (tertiary/aromatic N) is 1. The summed E-state index contributed by atoms with van der Waals surface area (Å²) in [4.78, 5) is 3.56. The third-order valence-electron chi connectivity index (χ3n) is 1.51. The highest BCUT2D eigenvalue weighted by molar-refractivity contribution is 6.32. The van der Waals surface area contributed by atoms with E-state index in [-0.39, 0.29) is 15.9 Å². The molecule has 0 saturated heterocycles. The molecule has 0 unspecified atom stereocenters. The van der Waals surface area contributed by atoms with Crippen LogP contribution in [0.15, 0.2) is 12.1 Å². The van der Waals surface area contributed by atoms with Gasteiger partial charge < -0.3 is 4.74 Å². The van der Waals surface area contributed by atoms with Gasteiger partial charge >= 0.3 is 0 Å². The van der Waals surface area contributed by atoms with Crippen LogP contribution in [0.2, 0.25) is 10.3 Å². The monoisotopic (exact) mass is 241 g/mol. The summed E-state index contributed by atoms with van der Waals surface area (Å²) in [6.45, 7) is -0.719. The number of hydrogen-bond acceptors (Lipinski definition) is 2. The number of methoxy groups -OCH3 is 1. The Bertz CT molecular complexity index is 313. The molecule has 0 fully saturated rings. The molecule has 0 saturated carbocycles. The molecular formula is C8H7Cl2F2NO. The van der Waals surface area contributed by atoms with Gasteiger partial charge in [0.05, 0.1) is 0 Å². The minimum atomic E-state index is -3.11. The number of alkyl halides is 2. The molecule has 14 heavy (non-hydrogen) atoms. The van der Waals surface area contributed by atoms with Crippen LogP contribution in [0.25, 0.3) is 0 Å². The maximum absolute atomic E-state index is 13.2. The topological polar surface area (TPSA) is 22.1 Å². The van der Waals surface area contributed by atoms with Gasteiger partial charge in [-0.25, -0.2) is 4.98 Å². The molecule has 0 spiro atoms. The molecule has 0 radical (unpaired) electrons. The Morgan fingerprint density at radius 1 is 1.36 bits per heavy atom. The fraction of sp³-hybridized carbons (Fsp3) is 0.375. The van der Waals surface area contributed by atoms with E-state index in [2.05, 4.69) is 9.72 Å². The van der Waals surface area contributed by atoms with E-state index in [4.69, 9.17) is 23.2 Å². The Morgan fingerprint density at radius 2 is 1.86 bits per heavy atom. The van der Waals surface area contributed by atoms with Crippen molar-refractivity contribution < 1.29 is 13.5 Å².